The molecule has 0 spiro atoms. The molecule has 126 valence electrons. The lowest BCUT2D eigenvalue weighted by atomic mass is 9.97. The molecular weight excluding hydrogens is 326 g/mol. The van der Waals surface area contributed by atoms with E-state index in [1.807, 2.05) is 0 Å². The molecule has 2 aromatic rings. The number of fused-ring (bicyclic) bond motifs is 1. The SMILES string of the molecule is CN1C(=O)[C@H](c2ccc(C(F)(F)F)nn2)CCc2ccc(F)cc21. The summed E-state index contributed by atoms with van der Waals surface area (Å²) in [5, 5.41) is 6.76. The number of anilines is 1. The van der Waals surface area contributed by atoms with E-state index < -0.39 is 23.6 Å². The van der Waals surface area contributed by atoms with Gasteiger partial charge in [-0.15, -0.1) is 5.10 Å². The van der Waals surface area contributed by atoms with E-state index in [4.69, 9.17) is 0 Å². The van der Waals surface area contributed by atoms with Gasteiger partial charge >= 0.3 is 6.18 Å². The fourth-order valence-corrected chi connectivity index (χ4v) is 2.79. The molecule has 0 radical (unpaired) electrons. The predicted molar refractivity (Wildman–Crippen MR) is 77.9 cm³/mol. The predicted octanol–water partition coefficient (Wildman–Crippen LogP) is 3.33. The molecule has 0 aliphatic carbocycles. The third-order valence-corrected chi connectivity index (χ3v) is 4.07. The lowest BCUT2D eigenvalue weighted by molar-refractivity contribution is -0.141. The van der Waals surface area contributed by atoms with Crippen LogP contribution in [0.5, 0.6) is 0 Å². The van der Waals surface area contributed by atoms with Crippen LogP contribution in [0, 0.1) is 5.82 Å². The minimum atomic E-state index is -4.58. The topological polar surface area (TPSA) is 46.1 Å². The molecule has 0 saturated carbocycles. The number of hydrogen-bond acceptors (Lipinski definition) is 3. The minimum Gasteiger partial charge on any atom is -0.315 e. The van der Waals surface area contributed by atoms with Crippen molar-refractivity contribution in [1.29, 1.82) is 0 Å². The summed E-state index contributed by atoms with van der Waals surface area (Å²) in [5.41, 5.74) is 0.330. The van der Waals surface area contributed by atoms with Gasteiger partial charge in [-0.25, -0.2) is 4.39 Å². The lowest BCUT2D eigenvalue weighted by Gasteiger charge is -2.21. The fourth-order valence-electron chi connectivity index (χ4n) is 2.79. The molecule has 1 aromatic heterocycles. The van der Waals surface area contributed by atoms with Gasteiger partial charge in [-0.1, -0.05) is 6.07 Å². The first-order valence-electron chi connectivity index (χ1n) is 7.24. The Morgan fingerprint density at radius 2 is 1.92 bits per heavy atom. The molecule has 8 heteroatoms. The van der Waals surface area contributed by atoms with E-state index in [1.54, 1.807) is 6.07 Å². The molecule has 1 amide bonds. The number of amides is 1. The van der Waals surface area contributed by atoms with Crippen molar-refractivity contribution in [2.45, 2.75) is 24.9 Å². The van der Waals surface area contributed by atoms with Crippen LogP contribution in [0.25, 0.3) is 0 Å². The Morgan fingerprint density at radius 1 is 1.17 bits per heavy atom. The molecule has 3 rings (SSSR count). The molecule has 1 atom stereocenters. The smallest absolute Gasteiger partial charge is 0.315 e. The van der Waals surface area contributed by atoms with Crippen molar-refractivity contribution in [3.05, 3.63) is 53.1 Å². The van der Waals surface area contributed by atoms with Crippen LogP contribution >= 0.6 is 0 Å². The molecular formula is C16H13F4N3O. The van der Waals surface area contributed by atoms with Gasteiger partial charge in [0.1, 0.15) is 5.82 Å². The summed E-state index contributed by atoms with van der Waals surface area (Å²) in [5.74, 6) is -1.53. The van der Waals surface area contributed by atoms with Crippen LogP contribution in [0.4, 0.5) is 23.2 Å². The zero-order valence-electron chi connectivity index (χ0n) is 12.6. The number of rotatable bonds is 1. The highest BCUT2D eigenvalue weighted by Gasteiger charge is 2.35. The minimum absolute atomic E-state index is 0.174. The van der Waals surface area contributed by atoms with E-state index in [2.05, 4.69) is 10.2 Å². The Hall–Kier alpha value is -2.51. The van der Waals surface area contributed by atoms with Crippen LogP contribution in [0.3, 0.4) is 0 Å². The highest BCUT2D eigenvalue weighted by Crippen LogP contribution is 2.34. The highest BCUT2D eigenvalue weighted by atomic mass is 19.4. The average molecular weight is 339 g/mol. The van der Waals surface area contributed by atoms with Crippen LogP contribution < -0.4 is 4.90 Å². The summed E-state index contributed by atoms with van der Waals surface area (Å²) in [6, 6.07) is 6.18. The third kappa shape index (κ3) is 2.95. The van der Waals surface area contributed by atoms with Crippen molar-refractivity contribution in [2.75, 3.05) is 11.9 Å². The lowest BCUT2D eigenvalue weighted by Crippen LogP contribution is -2.31. The van der Waals surface area contributed by atoms with Gasteiger partial charge in [0.05, 0.1) is 11.6 Å². The molecule has 0 unspecified atom stereocenters. The number of carbonyl (C=O) groups is 1. The summed E-state index contributed by atoms with van der Waals surface area (Å²) in [7, 11) is 1.51. The molecule has 1 aromatic carbocycles. The number of carbonyl (C=O) groups excluding carboxylic acids is 1. The monoisotopic (exact) mass is 339 g/mol. The maximum absolute atomic E-state index is 13.4. The maximum atomic E-state index is 13.4. The summed E-state index contributed by atoms with van der Waals surface area (Å²) in [6.07, 6.45) is -3.73. The Balaban J connectivity index is 1.92. The van der Waals surface area contributed by atoms with Crippen molar-refractivity contribution in [1.82, 2.24) is 10.2 Å². The molecule has 1 aliphatic rings. The van der Waals surface area contributed by atoms with E-state index in [0.717, 1.165) is 11.6 Å². The second-order valence-electron chi connectivity index (χ2n) is 5.60. The summed E-state index contributed by atoms with van der Waals surface area (Å²) < 4.78 is 51.1. The molecule has 2 heterocycles. The zero-order chi connectivity index (χ0) is 17.5. The van der Waals surface area contributed by atoms with E-state index in [1.165, 1.54) is 30.1 Å². The van der Waals surface area contributed by atoms with Gasteiger partial charge in [0.2, 0.25) is 5.91 Å². The van der Waals surface area contributed by atoms with Gasteiger partial charge in [0, 0.05) is 12.7 Å². The van der Waals surface area contributed by atoms with Gasteiger partial charge in [-0.2, -0.15) is 18.3 Å². The van der Waals surface area contributed by atoms with Crippen molar-refractivity contribution < 1.29 is 22.4 Å². The van der Waals surface area contributed by atoms with Crippen LogP contribution in [0.1, 0.15) is 29.3 Å². The van der Waals surface area contributed by atoms with Crippen molar-refractivity contribution >= 4 is 11.6 Å². The van der Waals surface area contributed by atoms with Crippen LogP contribution in [0.2, 0.25) is 0 Å². The summed E-state index contributed by atoms with van der Waals surface area (Å²) >= 11 is 0. The van der Waals surface area contributed by atoms with Crippen molar-refractivity contribution in [2.24, 2.45) is 0 Å². The fraction of sp³-hybridized carbons (Fsp3) is 0.312. The Morgan fingerprint density at radius 3 is 2.54 bits per heavy atom. The van der Waals surface area contributed by atoms with Crippen LogP contribution in [-0.4, -0.2) is 23.2 Å². The molecule has 4 nitrogen and oxygen atoms in total. The average Bonchev–Trinajstić information content (AvgIpc) is 2.65. The normalized spacial score (nSPS) is 18.3. The van der Waals surface area contributed by atoms with E-state index in [9.17, 15) is 22.4 Å². The van der Waals surface area contributed by atoms with Gasteiger partial charge in [0.25, 0.3) is 0 Å². The summed E-state index contributed by atoms with van der Waals surface area (Å²) in [4.78, 5) is 13.9. The number of aryl methyl sites for hydroxylation is 1. The number of hydrogen-bond donors (Lipinski definition) is 0. The van der Waals surface area contributed by atoms with E-state index in [-0.39, 0.29) is 11.6 Å². The number of aromatic nitrogens is 2. The number of nitrogens with zero attached hydrogens (tertiary/aromatic N) is 3. The van der Waals surface area contributed by atoms with Gasteiger partial charge in [0.15, 0.2) is 5.69 Å². The molecule has 0 fully saturated rings. The number of benzene rings is 1. The summed E-state index contributed by atoms with van der Waals surface area (Å²) in [6.45, 7) is 0. The number of halogens is 4. The van der Waals surface area contributed by atoms with Gasteiger partial charge in [-0.05, 0) is 42.7 Å². The van der Waals surface area contributed by atoms with E-state index >= 15 is 0 Å². The highest BCUT2D eigenvalue weighted by molar-refractivity contribution is 5.98. The first kappa shape index (κ1) is 16.4. The number of alkyl halides is 3. The molecule has 0 saturated heterocycles. The second kappa shape index (κ2) is 5.85. The Labute approximate surface area is 135 Å². The number of likely N-dealkylation sites (N-methyl/N-ethyl adjacent to an activating group) is 1. The van der Waals surface area contributed by atoms with E-state index in [0.29, 0.717) is 18.5 Å². The molecule has 0 bridgehead atoms. The van der Waals surface area contributed by atoms with Crippen LogP contribution in [-0.2, 0) is 17.4 Å². The molecule has 24 heavy (non-hydrogen) atoms. The van der Waals surface area contributed by atoms with Crippen LogP contribution in [0.15, 0.2) is 30.3 Å². The van der Waals surface area contributed by atoms with Gasteiger partial charge in [-0.3, -0.25) is 4.79 Å². The largest absolute Gasteiger partial charge is 0.435 e. The molecule has 0 N–H and O–H groups in total. The first-order valence-corrected chi connectivity index (χ1v) is 7.24. The Bertz CT molecular complexity index is 774. The quantitative estimate of drug-likeness (QED) is 0.749. The van der Waals surface area contributed by atoms with Gasteiger partial charge < -0.3 is 4.90 Å². The molecule has 1 aliphatic heterocycles. The third-order valence-electron chi connectivity index (χ3n) is 4.07. The Kier molecular flexibility index (Phi) is 3.98. The maximum Gasteiger partial charge on any atom is 0.435 e. The zero-order valence-corrected chi connectivity index (χ0v) is 12.6. The van der Waals surface area contributed by atoms with Crippen molar-refractivity contribution in [3.63, 3.8) is 0 Å². The second-order valence-corrected chi connectivity index (χ2v) is 5.60. The first-order chi connectivity index (χ1) is 11.3. The van der Waals surface area contributed by atoms with Crippen molar-refractivity contribution in [3.8, 4) is 0 Å². The standard InChI is InChI=1S/C16H13F4N3O/c1-23-13-8-10(17)4-2-9(13)3-5-11(15(23)24)12-6-7-14(22-21-12)16(18,19)20/h2,4,6-8,11H,3,5H2,1H3/t11-/m0/s1.